The van der Waals surface area contributed by atoms with Crippen molar-refractivity contribution in [2.45, 2.75) is 26.3 Å². The van der Waals surface area contributed by atoms with Crippen LogP contribution in [0.5, 0.6) is 0 Å². The lowest BCUT2D eigenvalue weighted by atomic mass is 9.91. The Hall–Kier alpha value is -1.82. The molecule has 1 heterocycles. The zero-order valence-corrected chi connectivity index (χ0v) is 13.8. The molecule has 0 aromatic heterocycles. The summed E-state index contributed by atoms with van der Waals surface area (Å²) in [5, 5.41) is 12.1. The minimum Gasteiger partial charge on any atom is -0.481 e. The summed E-state index contributed by atoms with van der Waals surface area (Å²) in [5.74, 6) is -1.86. The highest BCUT2D eigenvalue weighted by Gasteiger charge is 2.32. The van der Waals surface area contributed by atoms with Crippen LogP contribution in [-0.4, -0.2) is 35.1 Å². The van der Waals surface area contributed by atoms with E-state index in [9.17, 15) is 14.0 Å². The third-order valence-corrected chi connectivity index (χ3v) is 4.40. The monoisotopic (exact) mass is 342 g/mol. The summed E-state index contributed by atoms with van der Waals surface area (Å²) in [5.41, 5.74) is 0.224. The average molecular weight is 343 g/mol. The Morgan fingerprint density at radius 2 is 2.13 bits per heavy atom. The number of carbonyl (C=O) groups is 2. The molecule has 23 heavy (non-hydrogen) atoms. The molecule has 3 unspecified atom stereocenters. The number of carbonyl (C=O) groups excluding carboxylic acids is 1. The summed E-state index contributed by atoms with van der Waals surface area (Å²) < 4.78 is 13.9. The van der Waals surface area contributed by atoms with Crippen LogP contribution < -0.4 is 5.32 Å². The second-order valence-electron chi connectivity index (χ2n) is 6.09. The molecule has 7 heteroatoms. The molecule has 1 aromatic carbocycles. The van der Waals surface area contributed by atoms with E-state index in [0.29, 0.717) is 13.0 Å². The van der Waals surface area contributed by atoms with Gasteiger partial charge in [0.25, 0.3) is 0 Å². The molecule has 1 aliphatic heterocycles. The van der Waals surface area contributed by atoms with Gasteiger partial charge in [0.15, 0.2) is 0 Å². The summed E-state index contributed by atoms with van der Waals surface area (Å²) in [6, 6.07) is 3.32. The van der Waals surface area contributed by atoms with Crippen LogP contribution in [0.3, 0.4) is 0 Å². The molecule has 1 saturated heterocycles. The summed E-state index contributed by atoms with van der Waals surface area (Å²) >= 11 is 6.00. The van der Waals surface area contributed by atoms with Gasteiger partial charge < -0.3 is 15.3 Å². The van der Waals surface area contributed by atoms with Gasteiger partial charge in [0, 0.05) is 23.7 Å². The minimum absolute atomic E-state index is 0.1000. The van der Waals surface area contributed by atoms with Crippen LogP contribution in [0.1, 0.15) is 31.9 Å². The lowest BCUT2D eigenvalue weighted by Gasteiger charge is -2.35. The number of hydrogen-bond acceptors (Lipinski definition) is 2. The van der Waals surface area contributed by atoms with Crippen molar-refractivity contribution >= 4 is 23.6 Å². The van der Waals surface area contributed by atoms with E-state index in [1.165, 1.54) is 17.0 Å². The molecule has 5 nitrogen and oxygen atoms in total. The highest BCUT2D eigenvalue weighted by Crippen LogP contribution is 2.27. The molecule has 1 aliphatic rings. The highest BCUT2D eigenvalue weighted by atomic mass is 35.5. The van der Waals surface area contributed by atoms with Gasteiger partial charge in [-0.25, -0.2) is 9.18 Å². The van der Waals surface area contributed by atoms with Crippen LogP contribution in [-0.2, 0) is 4.79 Å². The highest BCUT2D eigenvalue weighted by molar-refractivity contribution is 6.31. The zero-order chi connectivity index (χ0) is 17.1. The van der Waals surface area contributed by atoms with E-state index in [4.69, 9.17) is 16.7 Å². The number of carboxylic acids is 1. The van der Waals surface area contributed by atoms with Gasteiger partial charge in [0.2, 0.25) is 0 Å². The van der Waals surface area contributed by atoms with Gasteiger partial charge in [-0.05, 0) is 31.4 Å². The second-order valence-corrected chi connectivity index (χ2v) is 6.49. The van der Waals surface area contributed by atoms with Crippen LogP contribution in [0, 0.1) is 17.7 Å². The summed E-state index contributed by atoms with van der Waals surface area (Å²) in [7, 11) is 0. The Labute approximate surface area is 139 Å². The molecular formula is C16H20ClFN2O3. The van der Waals surface area contributed by atoms with Crippen molar-refractivity contribution in [1.29, 1.82) is 0 Å². The maximum absolute atomic E-state index is 13.9. The van der Waals surface area contributed by atoms with Gasteiger partial charge >= 0.3 is 12.0 Å². The summed E-state index contributed by atoms with van der Waals surface area (Å²) in [6.07, 6.45) is 0.549. The largest absolute Gasteiger partial charge is 0.481 e. The van der Waals surface area contributed by atoms with Crippen molar-refractivity contribution in [3.05, 3.63) is 34.6 Å². The van der Waals surface area contributed by atoms with Crippen LogP contribution in [0.15, 0.2) is 18.2 Å². The number of halogens is 2. The van der Waals surface area contributed by atoms with E-state index in [1.54, 1.807) is 13.0 Å². The number of nitrogens with zero attached hydrogens (tertiary/aromatic N) is 1. The number of piperidine rings is 1. The standard InChI is InChI=1S/C16H20ClFN2O3/c1-9-6-11(15(21)22)8-20(7-9)16(23)19-10(2)14-12(17)4-3-5-13(14)18/h3-5,9-11H,6-8H2,1-2H3,(H,19,23)(H,21,22). The second kappa shape index (κ2) is 7.17. The van der Waals surface area contributed by atoms with Crippen molar-refractivity contribution < 1.29 is 19.1 Å². The quantitative estimate of drug-likeness (QED) is 0.885. The Morgan fingerprint density at radius 3 is 2.74 bits per heavy atom. The average Bonchev–Trinajstić information content (AvgIpc) is 2.46. The maximum Gasteiger partial charge on any atom is 0.317 e. The molecule has 2 N–H and O–H groups in total. The molecule has 1 fully saturated rings. The number of aliphatic carboxylic acids is 1. The van der Waals surface area contributed by atoms with Crippen molar-refractivity contribution in [3.8, 4) is 0 Å². The number of hydrogen-bond donors (Lipinski definition) is 2. The van der Waals surface area contributed by atoms with E-state index in [1.807, 2.05) is 6.92 Å². The van der Waals surface area contributed by atoms with Gasteiger partial charge in [-0.3, -0.25) is 4.79 Å². The lowest BCUT2D eigenvalue weighted by molar-refractivity contribution is -0.143. The molecule has 0 radical (unpaired) electrons. The number of likely N-dealkylation sites (tertiary alicyclic amines) is 1. The molecule has 2 amide bonds. The molecule has 3 atom stereocenters. The Morgan fingerprint density at radius 1 is 1.43 bits per heavy atom. The van der Waals surface area contributed by atoms with Crippen molar-refractivity contribution in [2.24, 2.45) is 11.8 Å². The Kier molecular flexibility index (Phi) is 5.46. The number of nitrogens with one attached hydrogen (secondary N) is 1. The molecule has 0 spiro atoms. The maximum atomic E-state index is 13.9. The Balaban J connectivity index is 2.07. The number of benzene rings is 1. The topological polar surface area (TPSA) is 69.6 Å². The predicted molar refractivity (Wildman–Crippen MR) is 84.8 cm³/mol. The molecule has 126 valence electrons. The Bertz CT molecular complexity index is 591. The molecule has 1 aromatic rings. The normalized spacial score (nSPS) is 22.5. The molecule has 2 rings (SSSR count). The fraction of sp³-hybridized carbons (Fsp3) is 0.500. The summed E-state index contributed by atoms with van der Waals surface area (Å²) in [4.78, 5) is 25.0. The van der Waals surface area contributed by atoms with Crippen LogP contribution in [0.25, 0.3) is 0 Å². The summed E-state index contributed by atoms with van der Waals surface area (Å²) in [6.45, 7) is 4.19. The van der Waals surface area contributed by atoms with E-state index >= 15 is 0 Å². The third kappa shape index (κ3) is 4.13. The minimum atomic E-state index is -0.903. The van der Waals surface area contributed by atoms with Gasteiger partial charge in [0.05, 0.1) is 12.0 Å². The number of carboxylic acid groups (broad SMARTS) is 1. The first-order valence-electron chi connectivity index (χ1n) is 7.51. The van der Waals surface area contributed by atoms with Gasteiger partial charge in [-0.1, -0.05) is 24.6 Å². The van der Waals surface area contributed by atoms with Crippen molar-refractivity contribution in [2.75, 3.05) is 13.1 Å². The lowest BCUT2D eigenvalue weighted by Crippen LogP contribution is -2.50. The molecule has 0 aliphatic carbocycles. The van der Waals surface area contributed by atoms with Gasteiger partial charge in [-0.15, -0.1) is 0 Å². The van der Waals surface area contributed by atoms with E-state index in [2.05, 4.69) is 5.32 Å². The fourth-order valence-electron chi connectivity index (χ4n) is 2.97. The first-order valence-corrected chi connectivity index (χ1v) is 7.89. The molecule has 0 bridgehead atoms. The van der Waals surface area contributed by atoms with Crippen LogP contribution in [0.4, 0.5) is 9.18 Å². The number of rotatable bonds is 3. The first kappa shape index (κ1) is 17.5. The van der Waals surface area contributed by atoms with E-state index in [-0.39, 0.29) is 23.0 Å². The zero-order valence-electron chi connectivity index (χ0n) is 13.1. The van der Waals surface area contributed by atoms with Crippen molar-refractivity contribution in [1.82, 2.24) is 10.2 Å². The van der Waals surface area contributed by atoms with Crippen LogP contribution >= 0.6 is 11.6 Å². The van der Waals surface area contributed by atoms with Crippen molar-refractivity contribution in [3.63, 3.8) is 0 Å². The van der Waals surface area contributed by atoms with Gasteiger partial charge in [0.1, 0.15) is 5.82 Å². The molecular weight excluding hydrogens is 323 g/mol. The predicted octanol–water partition coefficient (Wildman–Crippen LogP) is 3.29. The first-order chi connectivity index (χ1) is 10.8. The van der Waals surface area contributed by atoms with E-state index in [0.717, 1.165) is 0 Å². The molecule has 0 saturated carbocycles. The van der Waals surface area contributed by atoms with Crippen LogP contribution in [0.2, 0.25) is 5.02 Å². The smallest absolute Gasteiger partial charge is 0.317 e. The number of amides is 2. The third-order valence-electron chi connectivity index (χ3n) is 4.07. The SMILES string of the molecule is CC1CC(C(=O)O)CN(C(=O)NC(C)c2c(F)cccc2Cl)C1. The van der Waals surface area contributed by atoms with Gasteiger partial charge in [-0.2, -0.15) is 0 Å². The van der Waals surface area contributed by atoms with E-state index < -0.39 is 29.8 Å². The number of urea groups is 1. The fourth-order valence-corrected chi connectivity index (χ4v) is 3.30.